The number of carbonyl (C=O) groups is 1. The lowest BCUT2D eigenvalue weighted by Crippen LogP contribution is -2.39. The summed E-state index contributed by atoms with van der Waals surface area (Å²) in [5.74, 6) is 0.944. The molecule has 3 nitrogen and oxygen atoms in total. The molecule has 2 N–H and O–H groups in total. The first-order chi connectivity index (χ1) is 9.22. The second kappa shape index (κ2) is 8.28. The van der Waals surface area contributed by atoms with Gasteiger partial charge in [0.25, 0.3) is 0 Å². The summed E-state index contributed by atoms with van der Waals surface area (Å²) in [6.45, 7) is 3.49. The van der Waals surface area contributed by atoms with E-state index >= 15 is 0 Å². The molecule has 1 fully saturated rings. The van der Waals surface area contributed by atoms with Crippen LogP contribution in [0, 0.1) is 5.92 Å². The fourth-order valence-electron chi connectivity index (χ4n) is 2.47. The third-order valence-electron chi connectivity index (χ3n) is 3.91. The van der Waals surface area contributed by atoms with Crippen molar-refractivity contribution in [3.8, 4) is 0 Å². The SMILES string of the molecule is CC(C1CC1)N(Cc1ccccc1)C(=O)CCCN.Cl. The summed E-state index contributed by atoms with van der Waals surface area (Å²) in [6, 6.07) is 10.6. The molecule has 0 radical (unpaired) electrons. The van der Waals surface area contributed by atoms with Gasteiger partial charge >= 0.3 is 0 Å². The van der Waals surface area contributed by atoms with Crippen molar-refractivity contribution >= 4 is 18.3 Å². The second-order valence-corrected chi connectivity index (χ2v) is 5.48. The summed E-state index contributed by atoms with van der Waals surface area (Å²) in [7, 11) is 0. The predicted octanol–water partition coefficient (Wildman–Crippen LogP) is 2.97. The van der Waals surface area contributed by atoms with E-state index in [2.05, 4.69) is 19.1 Å². The molecule has 1 aromatic rings. The summed E-state index contributed by atoms with van der Waals surface area (Å²) in [6.07, 6.45) is 3.87. The molecule has 2 rings (SSSR count). The molecule has 112 valence electrons. The molecule has 1 amide bonds. The van der Waals surface area contributed by atoms with Crippen LogP contribution in [0.1, 0.15) is 38.2 Å². The second-order valence-electron chi connectivity index (χ2n) is 5.48. The fraction of sp³-hybridized carbons (Fsp3) is 0.562. The number of nitrogens with zero attached hydrogens (tertiary/aromatic N) is 1. The molecule has 0 heterocycles. The number of hydrogen-bond donors (Lipinski definition) is 1. The van der Waals surface area contributed by atoms with Gasteiger partial charge in [0.05, 0.1) is 0 Å². The molecule has 4 heteroatoms. The molecule has 1 unspecified atom stereocenters. The van der Waals surface area contributed by atoms with Gasteiger partial charge in [0, 0.05) is 19.0 Å². The molecule has 1 aliphatic carbocycles. The van der Waals surface area contributed by atoms with E-state index in [-0.39, 0.29) is 18.3 Å². The smallest absolute Gasteiger partial charge is 0.223 e. The quantitative estimate of drug-likeness (QED) is 0.841. The normalized spacial score (nSPS) is 15.3. The van der Waals surface area contributed by atoms with Crippen LogP contribution < -0.4 is 5.73 Å². The van der Waals surface area contributed by atoms with Gasteiger partial charge < -0.3 is 10.6 Å². The summed E-state index contributed by atoms with van der Waals surface area (Å²) < 4.78 is 0. The molecule has 0 bridgehead atoms. The van der Waals surface area contributed by atoms with Crippen LogP contribution in [0.15, 0.2) is 30.3 Å². The highest BCUT2D eigenvalue weighted by molar-refractivity contribution is 5.85. The van der Waals surface area contributed by atoms with Crippen LogP contribution in [-0.4, -0.2) is 23.4 Å². The maximum Gasteiger partial charge on any atom is 0.223 e. The maximum absolute atomic E-state index is 12.4. The van der Waals surface area contributed by atoms with E-state index in [1.165, 1.54) is 18.4 Å². The van der Waals surface area contributed by atoms with E-state index in [9.17, 15) is 4.79 Å². The molecule has 20 heavy (non-hydrogen) atoms. The molecule has 1 aromatic carbocycles. The molecule has 1 atom stereocenters. The zero-order valence-corrected chi connectivity index (χ0v) is 12.9. The van der Waals surface area contributed by atoms with Crippen molar-refractivity contribution in [2.75, 3.05) is 6.54 Å². The highest BCUT2D eigenvalue weighted by Gasteiger charge is 2.33. The van der Waals surface area contributed by atoms with Crippen LogP contribution in [-0.2, 0) is 11.3 Å². The van der Waals surface area contributed by atoms with E-state index in [0.29, 0.717) is 24.9 Å². The Morgan fingerprint density at radius 3 is 2.55 bits per heavy atom. The molecule has 0 aliphatic heterocycles. The molecule has 1 aliphatic rings. The van der Waals surface area contributed by atoms with Gasteiger partial charge in [-0.05, 0) is 44.2 Å². The Morgan fingerprint density at radius 1 is 1.35 bits per heavy atom. The number of rotatable bonds is 7. The van der Waals surface area contributed by atoms with E-state index in [1.54, 1.807) is 0 Å². The van der Waals surface area contributed by atoms with Crippen LogP contribution in [0.25, 0.3) is 0 Å². The van der Waals surface area contributed by atoms with E-state index in [0.717, 1.165) is 13.0 Å². The van der Waals surface area contributed by atoms with Crippen LogP contribution in [0.5, 0.6) is 0 Å². The number of amides is 1. The Kier molecular flexibility index (Phi) is 7.03. The van der Waals surface area contributed by atoms with Gasteiger partial charge in [-0.25, -0.2) is 0 Å². The standard InChI is InChI=1S/C16H24N2O.ClH/c1-13(15-9-10-15)18(16(19)8-5-11-17)12-14-6-3-2-4-7-14;/h2-4,6-7,13,15H,5,8-12,17H2,1H3;1H. The minimum absolute atomic E-state index is 0. The first-order valence-corrected chi connectivity index (χ1v) is 7.26. The molecule has 0 spiro atoms. The van der Waals surface area contributed by atoms with Crippen molar-refractivity contribution in [2.24, 2.45) is 11.7 Å². The Bertz CT molecular complexity index is 406. The third kappa shape index (κ3) is 4.80. The van der Waals surface area contributed by atoms with Crippen molar-refractivity contribution < 1.29 is 4.79 Å². The molecule has 0 aromatic heterocycles. The van der Waals surface area contributed by atoms with Crippen molar-refractivity contribution in [1.82, 2.24) is 4.90 Å². The van der Waals surface area contributed by atoms with Crippen LogP contribution in [0.2, 0.25) is 0 Å². The van der Waals surface area contributed by atoms with Crippen molar-refractivity contribution in [3.63, 3.8) is 0 Å². The average molecular weight is 297 g/mol. The van der Waals surface area contributed by atoms with Gasteiger partial charge in [-0.3, -0.25) is 4.79 Å². The Morgan fingerprint density at radius 2 is 2.00 bits per heavy atom. The Balaban J connectivity index is 0.00000200. The minimum atomic E-state index is 0. The molecular weight excluding hydrogens is 272 g/mol. The first-order valence-electron chi connectivity index (χ1n) is 7.26. The van der Waals surface area contributed by atoms with Crippen LogP contribution >= 0.6 is 12.4 Å². The lowest BCUT2D eigenvalue weighted by molar-refractivity contribution is -0.134. The highest BCUT2D eigenvalue weighted by atomic mass is 35.5. The van der Waals surface area contributed by atoms with Crippen molar-refractivity contribution in [2.45, 2.75) is 45.2 Å². The molecular formula is C16H25ClN2O. The largest absolute Gasteiger partial charge is 0.335 e. The van der Waals surface area contributed by atoms with Gasteiger partial charge in [0.15, 0.2) is 0 Å². The number of halogens is 1. The lowest BCUT2D eigenvalue weighted by atomic mass is 10.1. The minimum Gasteiger partial charge on any atom is -0.335 e. The van der Waals surface area contributed by atoms with E-state index in [4.69, 9.17) is 5.73 Å². The summed E-state index contributed by atoms with van der Waals surface area (Å²) in [5, 5.41) is 0. The Hall–Kier alpha value is -1.06. The van der Waals surface area contributed by atoms with Crippen LogP contribution in [0.4, 0.5) is 0 Å². The number of nitrogens with two attached hydrogens (primary N) is 1. The van der Waals surface area contributed by atoms with E-state index in [1.807, 2.05) is 23.1 Å². The zero-order chi connectivity index (χ0) is 13.7. The molecule has 0 saturated heterocycles. The highest BCUT2D eigenvalue weighted by Crippen LogP contribution is 2.35. The summed E-state index contributed by atoms with van der Waals surface area (Å²) in [5.41, 5.74) is 6.71. The number of carbonyl (C=O) groups excluding carboxylic acids is 1. The van der Waals surface area contributed by atoms with Gasteiger partial charge in [-0.2, -0.15) is 0 Å². The van der Waals surface area contributed by atoms with Gasteiger partial charge in [0.2, 0.25) is 5.91 Å². The van der Waals surface area contributed by atoms with E-state index < -0.39 is 0 Å². The monoisotopic (exact) mass is 296 g/mol. The first kappa shape index (κ1) is 17.0. The fourth-order valence-corrected chi connectivity index (χ4v) is 2.47. The van der Waals surface area contributed by atoms with Gasteiger partial charge in [-0.15, -0.1) is 12.4 Å². The van der Waals surface area contributed by atoms with Crippen molar-refractivity contribution in [1.29, 1.82) is 0 Å². The average Bonchev–Trinajstić information content (AvgIpc) is 3.27. The number of benzene rings is 1. The summed E-state index contributed by atoms with van der Waals surface area (Å²) in [4.78, 5) is 14.4. The van der Waals surface area contributed by atoms with Gasteiger partial charge in [0.1, 0.15) is 0 Å². The lowest BCUT2D eigenvalue weighted by Gasteiger charge is -2.29. The number of hydrogen-bond acceptors (Lipinski definition) is 2. The Labute approximate surface area is 127 Å². The molecule has 1 saturated carbocycles. The van der Waals surface area contributed by atoms with Gasteiger partial charge in [-0.1, -0.05) is 30.3 Å². The third-order valence-corrected chi connectivity index (χ3v) is 3.91. The summed E-state index contributed by atoms with van der Waals surface area (Å²) >= 11 is 0. The van der Waals surface area contributed by atoms with Crippen molar-refractivity contribution in [3.05, 3.63) is 35.9 Å². The topological polar surface area (TPSA) is 46.3 Å². The van der Waals surface area contributed by atoms with Crippen LogP contribution in [0.3, 0.4) is 0 Å². The maximum atomic E-state index is 12.4. The predicted molar refractivity (Wildman–Crippen MR) is 84.7 cm³/mol. The zero-order valence-electron chi connectivity index (χ0n) is 12.1.